The molecule has 1 aliphatic rings. The molecule has 0 amide bonds. The molecule has 1 saturated carbocycles. The summed E-state index contributed by atoms with van der Waals surface area (Å²) >= 11 is 0. The molecule has 17 heavy (non-hydrogen) atoms. The van der Waals surface area contributed by atoms with E-state index in [0.29, 0.717) is 5.76 Å². The monoisotopic (exact) mass is 238 g/mol. The lowest BCUT2D eigenvalue weighted by molar-refractivity contribution is 0.0438. The Labute approximate surface area is 107 Å². The van der Waals surface area contributed by atoms with Crippen molar-refractivity contribution in [1.82, 2.24) is 0 Å². The van der Waals surface area contributed by atoms with Crippen molar-refractivity contribution in [2.45, 2.75) is 74.1 Å². The summed E-state index contributed by atoms with van der Waals surface area (Å²) in [4.78, 5) is 0. The van der Waals surface area contributed by atoms with Crippen LogP contribution in [0.4, 0.5) is 0 Å². The average molecular weight is 238 g/mol. The van der Waals surface area contributed by atoms with Crippen LogP contribution >= 0.6 is 0 Å². The molecule has 1 aliphatic carbocycles. The number of rotatable bonds is 2. The fraction of sp³-hybridized carbons (Fsp3) is 0.875. The highest BCUT2D eigenvalue weighted by atomic mass is 16.3. The van der Waals surface area contributed by atoms with E-state index in [4.69, 9.17) is 0 Å². The smallest absolute Gasteiger partial charge is 0.0978 e. The normalized spacial score (nSPS) is 20.8. The molecule has 1 fully saturated rings. The lowest BCUT2D eigenvalue weighted by atomic mass is 9.59. The first-order valence-corrected chi connectivity index (χ1v) is 6.89. The summed E-state index contributed by atoms with van der Waals surface area (Å²) in [6.45, 7) is 15.7. The molecule has 1 heteroatoms. The molecule has 0 aromatic carbocycles. The van der Waals surface area contributed by atoms with E-state index in [1.807, 2.05) is 0 Å². The summed E-state index contributed by atoms with van der Waals surface area (Å²) in [5, 5.41) is 10.7. The van der Waals surface area contributed by atoms with Gasteiger partial charge in [0.15, 0.2) is 0 Å². The second kappa shape index (κ2) is 4.33. The molecule has 1 nitrogen and oxygen atoms in total. The summed E-state index contributed by atoms with van der Waals surface area (Å²) < 4.78 is 0. The van der Waals surface area contributed by atoms with Gasteiger partial charge in [0, 0.05) is 5.41 Å². The number of allylic oxidation sites excluding steroid dienone is 2. The van der Waals surface area contributed by atoms with Gasteiger partial charge in [-0.15, -0.1) is 0 Å². The van der Waals surface area contributed by atoms with Crippen molar-refractivity contribution in [2.24, 2.45) is 16.2 Å². The summed E-state index contributed by atoms with van der Waals surface area (Å²) in [5.74, 6) is 0.686. The number of hydrogen-bond donors (Lipinski definition) is 1. The molecule has 0 saturated heterocycles. The Bertz CT molecular complexity index is 305. The fourth-order valence-corrected chi connectivity index (χ4v) is 2.75. The molecular weight excluding hydrogens is 208 g/mol. The first kappa shape index (κ1) is 14.6. The van der Waals surface area contributed by atoms with Crippen LogP contribution in [0.1, 0.15) is 74.1 Å². The third-order valence-corrected chi connectivity index (χ3v) is 4.35. The van der Waals surface area contributed by atoms with Crippen LogP contribution in [0.25, 0.3) is 0 Å². The second-order valence-electron chi connectivity index (χ2n) is 8.13. The average Bonchev–Trinajstić information content (AvgIpc) is 1.94. The van der Waals surface area contributed by atoms with E-state index in [0.717, 1.165) is 19.3 Å². The van der Waals surface area contributed by atoms with Crippen molar-refractivity contribution < 1.29 is 5.11 Å². The zero-order valence-corrected chi connectivity index (χ0v) is 12.8. The van der Waals surface area contributed by atoms with Crippen molar-refractivity contribution in [2.75, 3.05) is 0 Å². The van der Waals surface area contributed by atoms with Gasteiger partial charge < -0.3 is 5.11 Å². The molecule has 0 spiro atoms. The minimum atomic E-state index is -0.110. The van der Waals surface area contributed by atoms with Crippen LogP contribution in [0.15, 0.2) is 11.3 Å². The third kappa shape index (κ3) is 3.05. The summed E-state index contributed by atoms with van der Waals surface area (Å²) in [7, 11) is 0. The molecule has 0 radical (unpaired) electrons. The maximum atomic E-state index is 10.7. The van der Waals surface area contributed by atoms with Gasteiger partial charge in [0.25, 0.3) is 0 Å². The van der Waals surface area contributed by atoms with E-state index >= 15 is 0 Å². The second-order valence-corrected chi connectivity index (χ2v) is 8.13. The zero-order chi connectivity index (χ0) is 13.5. The van der Waals surface area contributed by atoms with E-state index in [1.54, 1.807) is 0 Å². The Hall–Kier alpha value is -0.460. The van der Waals surface area contributed by atoms with Gasteiger partial charge in [-0.25, -0.2) is 0 Å². The van der Waals surface area contributed by atoms with Crippen LogP contribution in [0, 0.1) is 16.2 Å². The van der Waals surface area contributed by atoms with Crippen LogP contribution < -0.4 is 0 Å². The molecule has 0 bridgehead atoms. The van der Waals surface area contributed by atoms with Crippen molar-refractivity contribution in [3.63, 3.8) is 0 Å². The van der Waals surface area contributed by atoms with Crippen molar-refractivity contribution in [3.8, 4) is 0 Å². The Morgan fingerprint density at radius 3 is 1.71 bits per heavy atom. The highest BCUT2D eigenvalue weighted by Crippen LogP contribution is 2.52. The van der Waals surface area contributed by atoms with E-state index in [1.165, 1.54) is 12.0 Å². The van der Waals surface area contributed by atoms with Crippen LogP contribution in [0.2, 0.25) is 0 Å². The van der Waals surface area contributed by atoms with Gasteiger partial charge in [-0.05, 0) is 42.1 Å². The highest BCUT2D eigenvalue weighted by Gasteiger charge is 2.45. The van der Waals surface area contributed by atoms with Crippen LogP contribution in [0.3, 0.4) is 0 Å². The lowest BCUT2D eigenvalue weighted by Gasteiger charge is -2.46. The molecule has 1 unspecified atom stereocenters. The molecule has 1 N–H and O–H groups in total. The predicted octanol–water partition coefficient (Wildman–Crippen LogP) is 5.47. The van der Waals surface area contributed by atoms with E-state index < -0.39 is 0 Å². The third-order valence-electron chi connectivity index (χ3n) is 4.35. The number of aliphatic hydroxyl groups is 1. The molecule has 0 heterocycles. The largest absolute Gasteiger partial charge is 0.512 e. The van der Waals surface area contributed by atoms with Crippen molar-refractivity contribution in [1.29, 1.82) is 0 Å². The van der Waals surface area contributed by atoms with Crippen LogP contribution in [0.5, 0.6) is 0 Å². The molecular formula is C16H30O. The maximum Gasteiger partial charge on any atom is 0.0978 e. The zero-order valence-electron chi connectivity index (χ0n) is 12.8. The van der Waals surface area contributed by atoms with E-state index in [2.05, 4.69) is 48.5 Å². The van der Waals surface area contributed by atoms with Crippen LogP contribution in [-0.2, 0) is 0 Å². The number of aliphatic hydroxyl groups excluding tert-OH is 1. The minimum Gasteiger partial charge on any atom is -0.512 e. The quantitative estimate of drug-likeness (QED) is 0.632. The predicted molar refractivity (Wildman–Crippen MR) is 75.1 cm³/mol. The molecule has 1 rings (SSSR count). The Morgan fingerprint density at radius 1 is 1.00 bits per heavy atom. The number of hydrogen-bond acceptors (Lipinski definition) is 1. The van der Waals surface area contributed by atoms with Gasteiger partial charge in [0.1, 0.15) is 0 Å². The summed E-state index contributed by atoms with van der Waals surface area (Å²) in [6, 6.07) is 0. The fourth-order valence-electron chi connectivity index (χ4n) is 2.75. The van der Waals surface area contributed by atoms with Gasteiger partial charge in [-0.1, -0.05) is 48.5 Å². The van der Waals surface area contributed by atoms with Crippen molar-refractivity contribution >= 4 is 0 Å². The van der Waals surface area contributed by atoms with Crippen molar-refractivity contribution in [3.05, 3.63) is 11.3 Å². The maximum absolute atomic E-state index is 10.7. The van der Waals surface area contributed by atoms with E-state index in [9.17, 15) is 5.11 Å². The van der Waals surface area contributed by atoms with Gasteiger partial charge >= 0.3 is 0 Å². The molecule has 0 aromatic rings. The lowest BCUT2D eigenvalue weighted by Crippen LogP contribution is -2.39. The van der Waals surface area contributed by atoms with Gasteiger partial charge in [0.05, 0.1) is 5.76 Å². The van der Waals surface area contributed by atoms with E-state index in [-0.39, 0.29) is 16.2 Å². The Morgan fingerprint density at radius 2 is 1.47 bits per heavy atom. The Kier molecular flexibility index (Phi) is 3.72. The SMILES string of the molecule is CC(C)(C)CC(C)(C(O)=C1CCC1)C(C)(C)C. The van der Waals surface area contributed by atoms with Crippen LogP contribution in [-0.4, -0.2) is 5.11 Å². The standard InChI is InChI=1S/C16H30O/c1-14(2,3)11-16(7,15(4,5)6)13(17)12-9-8-10-12/h17H,8-11H2,1-7H3. The van der Waals surface area contributed by atoms with Gasteiger partial charge in [-0.3, -0.25) is 0 Å². The highest BCUT2D eigenvalue weighted by molar-refractivity contribution is 5.22. The first-order chi connectivity index (χ1) is 7.47. The summed E-state index contributed by atoms with van der Waals surface area (Å²) in [5.41, 5.74) is 1.51. The van der Waals surface area contributed by atoms with Gasteiger partial charge in [0.2, 0.25) is 0 Å². The van der Waals surface area contributed by atoms with Gasteiger partial charge in [-0.2, -0.15) is 0 Å². The summed E-state index contributed by atoms with van der Waals surface area (Å²) in [6.07, 6.45) is 4.47. The molecule has 100 valence electrons. The molecule has 1 atom stereocenters. The molecule has 0 aromatic heterocycles. The minimum absolute atomic E-state index is 0.0902. The Balaban J connectivity index is 3.11. The molecule has 0 aliphatic heterocycles. The topological polar surface area (TPSA) is 20.2 Å². The first-order valence-electron chi connectivity index (χ1n) is 6.89.